The van der Waals surface area contributed by atoms with E-state index in [9.17, 15) is 4.79 Å². The van der Waals surface area contributed by atoms with Crippen LogP contribution < -0.4 is 4.74 Å². The molecule has 1 unspecified atom stereocenters. The fourth-order valence-corrected chi connectivity index (χ4v) is 3.33. The molecule has 25 heavy (non-hydrogen) atoms. The molecule has 1 aliphatic rings. The SMILES string of the molecule is COc1ccc2[nH]c3c(c2c1)C(c1ccccc1)OCCN(C)C3=O. The molecule has 1 aliphatic heterocycles. The minimum Gasteiger partial charge on any atom is -0.497 e. The smallest absolute Gasteiger partial charge is 0.270 e. The highest BCUT2D eigenvalue weighted by molar-refractivity contribution is 6.02. The maximum atomic E-state index is 12.9. The Balaban J connectivity index is 1.99. The summed E-state index contributed by atoms with van der Waals surface area (Å²) in [5.74, 6) is 0.735. The molecule has 0 spiro atoms. The third-order valence-corrected chi connectivity index (χ3v) is 4.68. The number of carbonyl (C=O) groups is 1. The van der Waals surface area contributed by atoms with E-state index in [0.29, 0.717) is 18.8 Å². The molecule has 0 saturated carbocycles. The van der Waals surface area contributed by atoms with Crippen molar-refractivity contribution in [3.63, 3.8) is 0 Å². The lowest BCUT2D eigenvalue weighted by Crippen LogP contribution is -2.34. The lowest BCUT2D eigenvalue weighted by atomic mass is 9.97. The second-order valence-corrected chi connectivity index (χ2v) is 6.21. The quantitative estimate of drug-likeness (QED) is 0.781. The number of H-pyrrole nitrogens is 1. The fraction of sp³-hybridized carbons (Fsp3) is 0.250. The molecule has 5 nitrogen and oxygen atoms in total. The molecule has 0 saturated heterocycles. The Bertz CT molecular complexity index is 917. The van der Waals surface area contributed by atoms with E-state index in [0.717, 1.165) is 27.8 Å². The first-order chi connectivity index (χ1) is 12.2. The molecule has 1 N–H and O–H groups in total. The highest BCUT2D eigenvalue weighted by Crippen LogP contribution is 2.37. The normalized spacial score (nSPS) is 17.9. The van der Waals surface area contributed by atoms with Gasteiger partial charge in [-0.1, -0.05) is 30.3 Å². The standard InChI is InChI=1S/C20H20N2O3/c1-22-10-11-25-19(13-6-4-3-5-7-13)17-15-12-14(24-2)8-9-16(15)21-18(17)20(22)23/h3-9,12,19,21H,10-11H2,1-2H3. The van der Waals surface area contributed by atoms with Crippen LogP contribution in [0.2, 0.25) is 0 Å². The Hall–Kier alpha value is -2.79. The van der Waals surface area contributed by atoms with Gasteiger partial charge in [0.15, 0.2) is 0 Å². The van der Waals surface area contributed by atoms with Crippen molar-refractivity contribution in [2.75, 3.05) is 27.3 Å². The summed E-state index contributed by atoms with van der Waals surface area (Å²) in [6.45, 7) is 1.04. The number of amides is 1. The van der Waals surface area contributed by atoms with Crippen molar-refractivity contribution in [1.82, 2.24) is 9.88 Å². The second kappa shape index (κ2) is 6.26. The van der Waals surface area contributed by atoms with Gasteiger partial charge in [0.05, 0.1) is 13.7 Å². The number of hydrogen-bond acceptors (Lipinski definition) is 3. The van der Waals surface area contributed by atoms with E-state index < -0.39 is 0 Å². The van der Waals surface area contributed by atoms with E-state index in [-0.39, 0.29) is 12.0 Å². The minimum atomic E-state index is -0.297. The van der Waals surface area contributed by atoms with Gasteiger partial charge in [-0.25, -0.2) is 0 Å². The van der Waals surface area contributed by atoms with Gasteiger partial charge in [0.2, 0.25) is 0 Å². The molecule has 2 heterocycles. The zero-order valence-electron chi connectivity index (χ0n) is 14.3. The summed E-state index contributed by atoms with van der Waals surface area (Å²) in [5, 5.41) is 0.951. The molecule has 3 aromatic rings. The molecule has 4 rings (SSSR count). The minimum absolute atomic E-state index is 0.0191. The zero-order valence-corrected chi connectivity index (χ0v) is 14.3. The van der Waals surface area contributed by atoms with E-state index in [1.165, 1.54) is 0 Å². The summed E-state index contributed by atoms with van der Waals surface area (Å²) < 4.78 is 11.6. The summed E-state index contributed by atoms with van der Waals surface area (Å²) in [4.78, 5) is 17.9. The predicted octanol–water partition coefficient (Wildman–Crippen LogP) is 3.37. The van der Waals surface area contributed by atoms with Crippen LogP contribution >= 0.6 is 0 Å². The number of benzene rings is 2. The third kappa shape index (κ3) is 2.66. The molecule has 1 aromatic heterocycles. The molecular formula is C20H20N2O3. The van der Waals surface area contributed by atoms with Crippen LogP contribution in [0.4, 0.5) is 0 Å². The molecule has 2 aromatic carbocycles. The number of nitrogens with zero attached hydrogens (tertiary/aromatic N) is 1. The Morgan fingerprint density at radius 1 is 1.20 bits per heavy atom. The second-order valence-electron chi connectivity index (χ2n) is 6.21. The van der Waals surface area contributed by atoms with Crippen molar-refractivity contribution >= 4 is 16.8 Å². The van der Waals surface area contributed by atoms with Gasteiger partial charge in [0.25, 0.3) is 5.91 Å². The first-order valence-corrected chi connectivity index (χ1v) is 8.30. The van der Waals surface area contributed by atoms with E-state index in [1.54, 1.807) is 19.1 Å². The third-order valence-electron chi connectivity index (χ3n) is 4.68. The fourth-order valence-electron chi connectivity index (χ4n) is 3.33. The van der Waals surface area contributed by atoms with Crippen LogP contribution in [0.25, 0.3) is 10.9 Å². The molecule has 1 atom stereocenters. The molecule has 128 valence electrons. The summed E-state index contributed by atoms with van der Waals surface area (Å²) in [6.07, 6.45) is -0.297. The summed E-state index contributed by atoms with van der Waals surface area (Å²) in [6, 6.07) is 15.8. The van der Waals surface area contributed by atoms with E-state index in [1.807, 2.05) is 48.5 Å². The zero-order chi connectivity index (χ0) is 17.4. The molecule has 0 bridgehead atoms. The van der Waals surface area contributed by atoms with Gasteiger partial charge in [-0.2, -0.15) is 0 Å². The van der Waals surface area contributed by atoms with Crippen molar-refractivity contribution in [3.05, 3.63) is 65.4 Å². The molecule has 5 heteroatoms. The topological polar surface area (TPSA) is 54.6 Å². The Morgan fingerprint density at radius 3 is 2.76 bits per heavy atom. The van der Waals surface area contributed by atoms with Crippen LogP contribution in [-0.2, 0) is 4.74 Å². The number of nitrogens with one attached hydrogen (secondary N) is 1. The van der Waals surface area contributed by atoms with Crippen LogP contribution in [0, 0.1) is 0 Å². The highest BCUT2D eigenvalue weighted by atomic mass is 16.5. The summed E-state index contributed by atoms with van der Waals surface area (Å²) >= 11 is 0. The average Bonchev–Trinajstić information content (AvgIpc) is 3.02. The van der Waals surface area contributed by atoms with Gasteiger partial charge in [-0.15, -0.1) is 0 Å². The van der Waals surface area contributed by atoms with Gasteiger partial charge >= 0.3 is 0 Å². The number of aromatic nitrogens is 1. The number of methoxy groups -OCH3 is 1. The Kier molecular flexibility index (Phi) is 3.93. The van der Waals surface area contributed by atoms with Crippen LogP contribution in [-0.4, -0.2) is 43.1 Å². The van der Waals surface area contributed by atoms with Crippen LogP contribution in [0.15, 0.2) is 48.5 Å². The van der Waals surface area contributed by atoms with Gasteiger partial charge < -0.3 is 19.4 Å². The van der Waals surface area contributed by atoms with Gasteiger partial charge in [-0.05, 0) is 23.8 Å². The van der Waals surface area contributed by atoms with E-state index >= 15 is 0 Å². The number of aromatic amines is 1. The number of rotatable bonds is 2. The van der Waals surface area contributed by atoms with Crippen molar-refractivity contribution in [1.29, 1.82) is 0 Å². The van der Waals surface area contributed by atoms with Gasteiger partial charge in [0.1, 0.15) is 17.5 Å². The van der Waals surface area contributed by atoms with Crippen molar-refractivity contribution in [2.24, 2.45) is 0 Å². The summed E-state index contributed by atoms with van der Waals surface area (Å²) in [7, 11) is 3.44. The average molecular weight is 336 g/mol. The number of fused-ring (bicyclic) bond motifs is 3. The number of likely N-dealkylation sites (N-methyl/N-ethyl adjacent to an activating group) is 1. The van der Waals surface area contributed by atoms with Crippen molar-refractivity contribution in [3.8, 4) is 5.75 Å². The maximum Gasteiger partial charge on any atom is 0.270 e. The lowest BCUT2D eigenvalue weighted by molar-refractivity contribution is 0.0467. The molecule has 0 fully saturated rings. The maximum absolute atomic E-state index is 12.9. The number of ether oxygens (including phenoxy) is 2. The first kappa shape index (κ1) is 15.7. The molecular weight excluding hydrogens is 316 g/mol. The van der Waals surface area contributed by atoms with Gasteiger partial charge in [-0.3, -0.25) is 4.79 Å². The van der Waals surface area contributed by atoms with Gasteiger partial charge in [0, 0.05) is 30.1 Å². The van der Waals surface area contributed by atoms with E-state index in [2.05, 4.69) is 4.98 Å². The predicted molar refractivity (Wildman–Crippen MR) is 96.0 cm³/mol. The van der Waals surface area contributed by atoms with Crippen molar-refractivity contribution < 1.29 is 14.3 Å². The van der Waals surface area contributed by atoms with Crippen LogP contribution in [0.1, 0.15) is 27.7 Å². The van der Waals surface area contributed by atoms with Crippen LogP contribution in [0.3, 0.4) is 0 Å². The monoisotopic (exact) mass is 336 g/mol. The largest absolute Gasteiger partial charge is 0.497 e. The first-order valence-electron chi connectivity index (χ1n) is 8.30. The van der Waals surface area contributed by atoms with Crippen LogP contribution in [0.5, 0.6) is 5.75 Å². The lowest BCUT2D eigenvalue weighted by Gasteiger charge is -2.26. The molecule has 0 aliphatic carbocycles. The van der Waals surface area contributed by atoms with E-state index in [4.69, 9.17) is 9.47 Å². The number of carbonyl (C=O) groups excluding carboxylic acids is 1. The Labute approximate surface area is 146 Å². The molecule has 1 amide bonds. The summed E-state index contributed by atoms with van der Waals surface area (Å²) in [5.41, 5.74) is 3.39. The Morgan fingerprint density at radius 2 is 2.00 bits per heavy atom. The number of hydrogen-bond donors (Lipinski definition) is 1. The highest BCUT2D eigenvalue weighted by Gasteiger charge is 2.30. The van der Waals surface area contributed by atoms with Crippen molar-refractivity contribution in [2.45, 2.75) is 6.10 Å². The molecule has 0 radical (unpaired) electrons.